The van der Waals surface area contributed by atoms with E-state index in [0.717, 1.165) is 19.3 Å². The Hall–Kier alpha value is -1.26. The fraction of sp³-hybridized carbons (Fsp3) is 0.833. The molecule has 0 aliphatic heterocycles. The van der Waals surface area contributed by atoms with Crippen molar-refractivity contribution in [3.05, 3.63) is 0 Å². The van der Waals surface area contributed by atoms with E-state index in [4.69, 9.17) is 4.74 Å². The summed E-state index contributed by atoms with van der Waals surface area (Å²) in [6, 6.07) is 0. The van der Waals surface area contributed by atoms with Crippen LogP contribution < -0.4 is 5.32 Å². The van der Waals surface area contributed by atoms with Crippen molar-refractivity contribution in [3.63, 3.8) is 0 Å². The van der Waals surface area contributed by atoms with Crippen LogP contribution >= 0.6 is 0 Å². The van der Waals surface area contributed by atoms with Crippen LogP contribution in [0.1, 0.15) is 46.0 Å². The minimum absolute atomic E-state index is 0.249. The van der Waals surface area contributed by atoms with Gasteiger partial charge in [0, 0.05) is 0 Å². The molecular formula is C12H21NO4. The van der Waals surface area contributed by atoms with Crippen molar-refractivity contribution < 1.29 is 19.4 Å². The van der Waals surface area contributed by atoms with Gasteiger partial charge in [-0.1, -0.05) is 13.3 Å². The van der Waals surface area contributed by atoms with Crippen LogP contribution in [0.3, 0.4) is 0 Å². The van der Waals surface area contributed by atoms with Gasteiger partial charge < -0.3 is 15.2 Å². The second kappa shape index (κ2) is 5.89. The van der Waals surface area contributed by atoms with Crippen LogP contribution in [-0.2, 0) is 9.53 Å². The molecule has 1 aliphatic carbocycles. The molecule has 0 unspecified atom stereocenters. The molecule has 0 spiro atoms. The third kappa shape index (κ3) is 3.35. The molecule has 0 radical (unpaired) electrons. The first kappa shape index (κ1) is 13.8. The van der Waals surface area contributed by atoms with Crippen LogP contribution in [0.25, 0.3) is 0 Å². The van der Waals surface area contributed by atoms with Crippen molar-refractivity contribution in [1.82, 2.24) is 5.32 Å². The van der Waals surface area contributed by atoms with Crippen LogP contribution in [0.4, 0.5) is 4.79 Å². The molecule has 5 nitrogen and oxygen atoms in total. The Morgan fingerprint density at radius 1 is 1.35 bits per heavy atom. The van der Waals surface area contributed by atoms with Gasteiger partial charge >= 0.3 is 12.1 Å². The normalized spacial score (nSPS) is 28.5. The molecular weight excluding hydrogens is 222 g/mol. The van der Waals surface area contributed by atoms with Gasteiger partial charge in [-0.2, -0.15) is 0 Å². The number of aliphatic carboxylic acids is 1. The van der Waals surface area contributed by atoms with E-state index in [1.54, 1.807) is 6.92 Å². The molecule has 0 atom stereocenters. The number of nitrogens with one attached hydrogen (secondary N) is 1. The molecule has 2 N–H and O–H groups in total. The number of hydrogen-bond acceptors (Lipinski definition) is 3. The lowest BCUT2D eigenvalue weighted by Crippen LogP contribution is -2.56. The SMILES string of the molecule is CCOC(=O)NC1(C(=O)O)CCC(CC)CC1. The van der Waals surface area contributed by atoms with Crippen LogP contribution in [0.15, 0.2) is 0 Å². The minimum Gasteiger partial charge on any atom is -0.480 e. The predicted molar refractivity (Wildman–Crippen MR) is 62.8 cm³/mol. The topological polar surface area (TPSA) is 75.6 Å². The Bertz CT molecular complexity index is 282. The highest BCUT2D eigenvalue weighted by molar-refractivity contribution is 5.84. The zero-order chi connectivity index (χ0) is 12.9. The van der Waals surface area contributed by atoms with Crippen LogP contribution in [0, 0.1) is 5.92 Å². The maximum atomic E-state index is 11.4. The first-order chi connectivity index (χ1) is 8.04. The zero-order valence-electron chi connectivity index (χ0n) is 10.5. The molecule has 0 aromatic heterocycles. The van der Waals surface area contributed by atoms with Gasteiger partial charge in [-0.15, -0.1) is 0 Å². The third-order valence-electron chi connectivity index (χ3n) is 3.56. The summed E-state index contributed by atoms with van der Waals surface area (Å²) >= 11 is 0. The molecule has 1 aliphatic rings. The molecule has 0 saturated heterocycles. The quantitative estimate of drug-likeness (QED) is 0.793. The summed E-state index contributed by atoms with van der Waals surface area (Å²) in [7, 11) is 0. The lowest BCUT2D eigenvalue weighted by atomic mass is 9.75. The molecule has 0 bridgehead atoms. The number of carbonyl (C=O) groups excluding carboxylic acids is 1. The first-order valence-electron chi connectivity index (χ1n) is 6.22. The Labute approximate surface area is 102 Å². The predicted octanol–water partition coefficient (Wildman–Crippen LogP) is 2.16. The second-order valence-corrected chi connectivity index (χ2v) is 4.58. The van der Waals surface area contributed by atoms with Gasteiger partial charge in [-0.3, -0.25) is 0 Å². The highest BCUT2D eigenvalue weighted by Crippen LogP contribution is 2.34. The van der Waals surface area contributed by atoms with Crippen molar-refractivity contribution >= 4 is 12.1 Å². The standard InChI is InChI=1S/C12H21NO4/c1-3-9-5-7-12(8-6-9,10(14)15)13-11(16)17-4-2/h9H,3-8H2,1-2H3,(H,13,16)(H,14,15). The number of ether oxygens (including phenoxy) is 1. The minimum atomic E-state index is -1.13. The third-order valence-corrected chi connectivity index (χ3v) is 3.56. The Morgan fingerprint density at radius 3 is 2.35 bits per heavy atom. The Morgan fingerprint density at radius 2 is 1.94 bits per heavy atom. The van der Waals surface area contributed by atoms with Gasteiger partial charge in [-0.05, 0) is 38.5 Å². The van der Waals surface area contributed by atoms with Crippen molar-refractivity contribution in [2.75, 3.05) is 6.61 Å². The molecule has 17 heavy (non-hydrogen) atoms. The average molecular weight is 243 g/mol. The maximum Gasteiger partial charge on any atom is 0.408 e. The number of alkyl carbamates (subject to hydrolysis) is 1. The molecule has 1 saturated carbocycles. The summed E-state index contributed by atoms with van der Waals surface area (Å²) in [4.78, 5) is 22.7. The highest BCUT2D eigenvalue weighted by atomic mass is 16.5. The monoisotopic (exact) mass is 243 g/mol. The van der Waals surface area contributed by atoms with Crippen molar-refractivity contribution in [2.45, 2.75) is 51.5 Å². The lowest BCUT2D eigenvalue weighted by Gasteiger charge is -2.36. The fourth-order valence-electron chi connectivity index (χ4n) is 2.33. The summed E-state index contributed by atoms with van der Waals surface area (Å²) in [5.74, 6) is -0.383. The van der Waals surface area contributed by atoms with Gasteiger partial charge in [0.25, 0.3) is 0 Å². The summed E-state index contributed by atoms with van der Waals surface area (Å²) in [5, 5.41) is 11.8. The molecule has 5 heteroatoms. The van der Waals surface area contributed by atoms with Crippen LogP contribution in [0.2, 0.25) is 0 Å². The molecule has 0 aromatic rings. The van der Waals surface area contributed by atoms with Gasteiger partial charge in [0.15, 0.2) is 0 Å². The molecule has 0 aromatic carbocycles. The fourth-order valence-corrected chi connectivity index (χ4v) is 2.33. The van der Waals surface area contributed by atoms with Crippen molar-refractivity contribution in [3.8, 4) is 0 Å². The van der Waals surface area contributed by atoms with E-state index in [9.17, 15) is 14.7 Å². The Kier molecular flexibility index (Phi) is 4.78. The van der Waals surface area contributed by atoms with E-state index < -0.39 is 17.6 Å². The number of amides is 1. The highest BCUT2D eigenvalue weighted by Gasteiger charge is 2.43. The van der Waals surface area contributed by atoms with Crippen molar-refractivity contribution in [1.29, 1.82) is 0 Å². The van der Waals surface area contributed by atoms with Gasteiger partial charge in [-0.25, -0.2) is 9.59 Å². The largest absolute Gasteiger partial charge is 0.480 e. The number of rotatable bonds is 4. The summed E-state index contributed by atoms with van der Waals surface area (Å²) < 4.78 is 4.76. The zero-order valence-corrected chi connectivity index (χ0v) is 10.5. The number of hydrogen-bond donors (Lipinski definition) is 2. The number of carboxylic acids is 1. The Balaban J connectivity index is 2.65. The van der Waals surface area contributed by atoms with Crippen molar-refractivity contribution in [2.24, 2.45) is 5.92 Å². The summed E-state index contributed by atoms with van der Waals surface area (Å²) in [6.07, 6.45) is 3.09. The summed E-state index contributed by atoms with van der Waals surface area (Å²) in [5.41, 5.74) is -1.13. The lowest BCUT2D eigenvalue weighted by molar-refractivity contribution is -0.146. The second-order valence-electron chi connectivity index (χ2n) is 4.58. The smallest absolute Gasteiger partial charge is 0.408 e. The van der Waals surface area contributed by atoms with Crippen LogP contribution in [-0.4, -0.2) is 29.3 Å². The maximum absolute atomic E-state index is 11.4. The summed E-state index contributed by atoms with van der Waals surface area (Å²) in [6.45, 7) is 4.05. The van der Waals surface area contributed by atoms with Gasteiger partial charge in [0.1, 0.15) is 5.54 Å². The molecule has 0 heterocycles. The van der Waals surface area contributed by atoms with E-state index in [1.165, 1.54) is 0 Å². The van der Waals surface area contributed by atoms with Gasteiger partial charge in [0.05, 0.1) is 6.61 Å². The average Bonchev–Trinajstić information content (AvgIpc) is 2.30. The first-order valence-corrected chi connectivity index (χ1v) is 6.22. The van der Waals surface area contributed by atoms with E-state index in [1.807, 2.05) is 0 Å². The van der Waals surface area contributed by atoms with Crippen LogP contribution in [0.5, 0.6) is 0 Å². The number of carbonyl (C=O) groups is 2. The van der Waals surface area contributed by atoms with E-state index in [-0.39, 0.29) is 6.61 Å². The molecule has 1 fully saturated rings. The van der Waals surface area contributed by atoms with E-state index >= 15 is 0 Å². The van der Waals surface area contributed by atoms with Gasteiger partial charge in [0.2, 0.25) is 0 Å². The number of carboxylic acid groups (broad SMARTS) is 1. The van der Waals surface area contributed by atoms with E-state index in [0.29, 0.717) is 18.8 Å². The van der Waals surface area contributed by atoms with E-state index in [2.05, 4.69) is 12.2 Å². The molecule has 1 rings (SSSR count). The molecule has 1 amide bonds. The molecule has 98 valence electrons.